The summed E-state index contributed by atoms with van der Waals surface area (Å²) in [5.41, 5.74) is 7.91. The fourth-order valence-electron chi connectivity index (χ4n) is 2.52. The van der Waals surface area contributed by atoms with Crippen molar-refractivity contribution in [2.45, 2.75) is 32.1 Å². The number of benzene rings is 1. The largest absolute Gasteiger partial charge is 0.454 e. The van der Waals surface area contributed by atoms with E-state index in [1.54, 1.807) is 11.3 Å². The molecular formula is C16H20N2O2S. The van der Waals surface area contributed by atoms with E-state index in [4.69, 9.17) is 20.2 Å². The zero-order chi connectivity index (χ0) is 14.9. The lowest BCUT2D eigenvalue weighted by Crippen LogP contribution is -2.20. The predicted octanol–water partition coefficient (Wildman–Crippen LogP) is 2.89. The SMILES string of the molecule is CC(C)(Cc1ccc2c(c1)OCO2)c1nc(CCN)cs1. The van der Waals surface area contributed by atoms with Crippen LogP contribution in [0.15, 0.2) is 23.6 Å². The third-order valence-corrected chi connectivity index (χ3v) is 4.87. The molecule has 0 unspecified atom stereocenters. The fraction of sp³-hybridized carbons (Fsp3) is 0.438. The van der Waals surface area contributed by atoms with Crippen molar-refractivity contribution < 1.29 is 9.47 Å². The van der Waals surface area contributed by atoms with Crippen molar-refractivity contribution >= 4 is 11.3 Å². The highest BCUT2D eigenvalue weighted by atomic mass is 32.1. The maximum Gasteiger partial charge on any atom is 0.231 e. The highest BCUT2D eigenvalue weighted by molar-refractivity contribution is 7.09. The number of nitrogens with two attached hydrogens (primary N) is 1. The van der Waals surface area contributed by atoms with Crippen molar-refractivity contribution in [3.8, 4) is 11.5 Å². The molecule has 2 heterocycles. The van der Waals surface area contributed by atoms with Crippen LogP contribution in [0.2, 0.25) is 0 Å². The third-order valence-electron chi connectivity index (χ3n) is 3.61. The number of hydrogen-bond donors (Lipinski definition) is 1. The molecule has 0 atom stereocenters. The molecule has 1 aromatic carbocycles. The molecule has 1 aliphatic rings. The van der Waals surface area contributed by atoms with Crippen LogP contribution in [0.1, 0.15) is 30.1 Å². The van der Waals surface area contributed by atoms with Crippen LogP contribution in [0.5, 0.6) is 11.5 Å². The Labute approximate surface area is 128 Å². The molecule has 0 saturated heterocycles. The zero-order valence-corrected chi connectivity index (χ0v) is 13.2. The molecule has 0 amide bonds. The van der Waals surface area contributed by atoms with E-state index in [2.05, 4.69) is 31.4 Å². The van der Waals surface area contributed by atoms with Crippen molar-refractivity contribution in [1.82, 2.24) is 4.98 Å². The van der Waals surface area contributed by atoms with Gasteiger partial charge in [-0.2, -0.15) is 0 Å². The molecule has 0 radical (unpaired) electrons. The summed E-state index contributed by atoms with van der Waals surface area (Å²) in [6.07, 6.45) is 1.76. The van der Waals surface area contributed by atoms with Gasteiger partial charge < -0.3 is 15.2 Å². The van der Waals surface area contributed by atoms with Gasteiger partial charge in [-0.25, -0.2) is 4.98 Å². The quantitative estimate of drug-likeness (QED) is 0.923. The van der Waals surface area contributed by atoms with E-state index in [1.165, 1.54) is 5.56 Å². The van der Waals surface area contributed by atoms with Crippen LogP contribution in [0.3, 0.4) is 0 Å². The first-order chi connectivity index (χ1) is 10.1. The third kappa shape index (κ3) is 3.04. The fourth-order valence-corrected chi connectivity index (χ4v) is 3.50. The van der Waals surface area contributed by atoms with Gasteiger partial charge in [-0.1, -0.05) is 19.9 Å². The second-order valence-electron chi connectivity index (χ2n) is 5.93. The standard InChI is InChI=1S/C16H20N2O2S/c1-16(2,15-18-12(5-6-17)9-21-15)8-11-3-4-13-14(7-11)20-10-19-13/h3-4,7,9H,5-6,8,10,17H2,1-2H3. The lowest BCUT2D eigenvalue weighted by molar-refractivity contribution is 0.174. The molecule has 3 rings (SSSR count). The first-order valence-electron chi connectivity index (χ1n) is 7.12. The van der Waals surface area contributed by atoms with Gasteiger partial charge in [0.2, 0.25) is 6.79 Å². The van der Waals surface area contributed by atoms with Crippen molar-refractivity contribution in [1.29, 1.82) is 0 Å². The molecule has 0 saturated carbocycles. The summed E-state index contributed by atoms with van der Waals surface area (Å²) in [7, 11) is 0. The van der Waals surface area contributed by atoms with Gasteiger partial charge in [-0.15, -0.1) is 11.3 Å². The molecule has 1 aromatic heterocycles. The molecule has 5 heteroatoms. The monoisotopic (exact) mass is 304 g/mol. The maximum absolute atomic E-state index is 5.59. The highest BCUT2D eigenvalue weighted by Crippen LogP contribution is 2.36. The molecule has 1 aliphatic heterocycles. The molecule has 21 heavy (non-hydrogen) atoms. The zero-order valence-electron chi connectivity index (χ0n) is 12.4. The van der Waals surface area contributed by atoms with Crippen LogP contribution >= 0.6 is 11.3 Å². The van der Waals surface area contributed by atoms with Crippen LogP contribution in [0.25, 0.3) is 0 Å². The Morgan fingerprint density at radius 1 is 1.29 bits per heavy atom. The molecular weight excluding hydrogens is 284 g/mol. The lowest BCUT2D eigenvalue weighted by Gasteiger charge is -2.22. The van der Waals surface area contributed by atoms with Gasteiger partial charge in [0.15, 0.2) is 11.5 Å². The van der Waals surface area contributed by atoms with Crippen LogP contribution in [-0.4, -0.2) is 18.3 Å². The van der Waals surface area contributed by atoms with Crippen LogP contribution < -0.4 is 15.2 Å². The smallest absolute Gasteiger partial charge is 0.231 e. The van der Waals surface area contributed by atoms with E-state index in [1.807, 2.05) is 6.07 Å². The Balaban J connectivity index is 1.78. The lowest BCUT2D eigenvalue weighted by atomic mass is 9.86. The average Bonchev–Trinajstić information content (AvgIpc) is 3.07. The summed E-state index contributed by atoms with van der Waals surface area (Å²) in [5.74, 6) is 1.67. The number of ether oxygens (including phenoxy) is 2. The van der Waals surface area contributed by atoms with Gasteiger partial charge in [0.25, 0.3) is 0 Å². The summed E-state index contributed by atoms with van der Waals surface area (Å²) >= 11 is 1.72. The number of thiazole rings is 1. The Morgan fingerprint density at radius 3 is 2.90 bits per heavy atom. The first kappa shape index (κ1) is 14.4. The molecule has 4 nitrogen and oxygen atoms in total. The summed E-state index contributed by atoms with van der Waals surface area (Å²) in [4.78, 5) is 4.72. The minimum absolute atomic E-state index is 0.00872. The average molecular weight is 304 g/mol. The number of hydrogen-bond acceptors (Lipinski definition) is 5. The van der Waals surface area contributed by atoms with Gasteiger partial charge in [-0.3, -0.25) is 0 Å². The minimum atomic E-state index is -0.00872. The number of fused-ring (bicyclic) bond motifs is 1. The number of aromatic nitrogens is 1. The first-order valence-corrected chi connectivity index (χ1v) is 8.00. The van der Waals surface area contributed by atoms with Gasteiger partial charge >= 0.3 is 0 Å². The Kier molecular flexibility index (Phi) is 3.87. The normalized spacial score (nSPS) is 13.7. The molecule has 0 fully saturated rings. The second-order valence-corrected chi connectivity index (χ2v) is 6.79. The topological polar surface area (TPSA) is 57.4 Å². The van der Waals surface area contributed by atoms with Crippen LogP contribution in [0.4, 0.5) is 0 Å². The molecule has 0 bridgehead atoms. The van der Waals surface area contributed by atoms with E-state index in [0.29, 0.717) is 13.3 Å². The van der Waals surface area contributed by atoms with Gasteiger partial charge in [0.1, 0.15) is 0 Å². The summed E-state index contributed by atoms with van der Waals surface area (Å²) in [6, 6.07) is 6.15. The maximum atomic E-state index is 5.59. The Morgan fingerprint density at radius 2 is 2.10 bits per heavy atom. The Hall–Kier alpha value is -1.59. The van der Waals surface area contributed by atoms with Crippen molar-refractivity contribution in [2.24, 2.45) is 5.73 Å². The van der Waals surface area contributed by atoms with E-state index in [0.717, 1.165) is 35.0 Å². The van der Waals surface area contributed by atoms with Crippen molar-refractivity contribution in [3.05, 3.63) is 39.8 Å². The van der Waals surface area contributed by atoms with Gasteiger partial charge in [-0.05, 0) is 30.7 Å². The van der Waals surface area contributed by atoms with Gasteiger partial charge in [0, 0.05) is 17.2 Å². The highest BCUT2D eigenvalue weighted by Gasteiger charge is 2.26. The Bertz CT molecular complexity index is 637. The van der Waals surface area contributed by atoms with Crippen molar-refractivity contribution in [3.63, 3.8) is 0 Å². The van der Waals surface area contributed by atoms with E-state index in [9.17, 15) is 0 Å². The molecule has 0 spiro atoms. The van der Waals surface area contributed by atoms with Crippen LogP contribution in [0, 0.1) is 0 Å². The van der Waals surface area contributed by atoms with E-state index >= 15 is 0 Å². The van der Waals surface area contributed by atoms with Gasteiger partial charge in [0.05, 0.1) is 10.7 Å². The summed E-state index contributed by atoms with van der Waals surface area (Å²) in [6.45, 7) is 5.41. The number of rotatable bonds is 5. The van der Waals surface area contributed by atoms with E-state index in [-0.39, 0.29) is 5.41 Å². The predicted molar refractivity (Wildman–Crippen MR) is 84.2 cm³/mol. The summed E-state index contributed by atoms with van der Waals surface area (Å²) in [5, 5.41) is 3.27. The minimum Gasteiger partial charge on any atom is -0.454 e. The summed E-state index contributed by atoms with van der Waals surface area (Å²) < 4.78 is 10.8. The van der Waals surface area contributed by atoms with Crippen LogP contribution in [-0.2, 0) is 18.3 Å². The number of nitrogens with zero attached hydrogens (tertiary/aromatic N) is 1. The molecule has 0 aliphatic carbocycles. The second kappa shape index (κ2) is 5.66. The molecule has 112 valence electrons. The van der Waals surface area contributed by atoms with Crippen molar-refractivity contribution in [2.75, 3.05) is 13.3 Å². The molecule has 2 aromatic rings. The molecule has 2 N–H and O–H groups in total. The van der Waals surface area contributed by atoms with E-state index < -0.39 is 0 Å².